The number of unbranched alkanes of at least 4 members (excludes halogenated alkanes) is 2. The molecule has 0 aromatic heterocycles. The third-order valence-corrected chi connectivity index (χ3v) is 8.57. The van der Waals surface area contributed by atoms with Crippen LogP contribution in [0.5, 0.6) is 0 Å². The van der Waals surface area contributed by atoms with Crippen molar-refractivity contribution in [3.63, 3.8) is 0 Å². The second kappa shape index (κ2) is 37.7. The van der Waals surface area contributed by atoms with Gasteiger partial charge in [-0.15, -0.1) is 0 Å². The molecule has 0 bridgehead atoms. The number of carbonyl (C=O) groups excluding carboxylic acids is 2. The average Bonchev–Trinajstić information content (AvgIpc) is 3.18. The van der Waals surface area contributed by atoms with Gasteiger partial charge >= 0.3 is 25.7 Å². The second-order valence-corrected chi connectivity index (χ2v) is 14.3. The maximum atomic E-state index is 12.6. The van der Waals surface area contributed by atoms with Crippen LogP contribution < -0.4 is 5.73 Å². The third kappa shape index (κ3) is 37.4. The molecule has 0 rings (SSSR count). The van der Waals surface area contributed by atoms with Gasteiger partial charge in [-0.2, -0.15) is 0 Å². The zero-order valence-corrected chi connectivity index (χ0v) is 34.9. The summed E-state index contributed by atoms with van der Waals surface area (Å²) >= 11 is 0. The van der Waals surface area contributed by atoms with Crippen molar-refractivity contribution in [2.24, 2.45) is 5.73 Å². The number of carboxylic acids is 1. The predicted molar refractivity (Wildman–Crippen MR) is 227 cm³/mol. The van der Waals surface area contributed by atoms with Gasteiger partial charge in [-0.3, -0.25) is 23.4 Å². The highest BCUT2D eigenvalue weighted by molar-refractivity contribution is 7.47. The van der Waals surface area contributed by atoms with Crippen molar-refractivity contribution in [1.82, 2.24) is 0 Å². The lowest BCUT2D eigenvalue weighted by molar-refractivity contribution is -0.161. The number of hydrogen-bond donors (Lipinski definition) is 4. The maximum Gasteiger partial charge on any atom is 0.472 e. The molecule has 5 N–H and O–H groups in total. The van der Waals surface area contributed by atoms with E-state index in [-0.39, 0.29) is 25.7 Å². The van der Waals surface area contributed by atoms with Crippen molar-refractivity contribution >= 4 is 25.7 Å². The molecular formula is C44H68NO11P. The Hall–Kier alpha value is -3.90. The largest absolute Gasteiger partial charge is 0.480 e. The van der Waals surface area contributed by atoms with Crippen molar-refractivity contribution in [1.29, 1.82) is 0 Å². The van der Waals surface area contributed by atoms with Crippen molar-refractivity contribution in [3.8, 4) is 0 Å². The molecule has 0 aromatic rings. The Morgan fingerprint density at radius 3 is 1.67 bits per heavy atom. The fourth-order valence-corrected chi connectivity index (χ4v) is 5.27. The highest BCUT2D eigenvalue weighted by Gasteiger charge is 2.28. The van der Waals surface area contributed by atoms with Crippen LogP contribution in [0.1, 0.15) is 110 Å². The van der Waals surface area contributed by atoms with E-state index in [1.165, 1.54) is 0 Å². The number of aliphatic carboxylic acids is 1. The molecule has 0 aromatic carbocycles. The number of allylic oxidation sites excluding steroid dienone is 17. The highest BCUT2D eigenvalue weighted by atomic mass is 31.2. The number of phosphoric ester groups is 1. The van der Waals surface area contributed by atoms with Crippen LogP contribution >= 0.6 is 7.82 Å². The number of carbonyl (C=O) groups is 3. The number of rotatable bonds is 35. The van der Waals surface area contributed by atoms with Gasteiger partial charge in [-0.25, -0.2) is 4.57 Å². The van der Waals surface area contributed by atoms with Gasteiger partial charge < -0.3 is 30.3 Å². The molecule has 0 saturated heterocycles. The van der Waals surface area contributed by atoms with E-state index in [2.05, 4.69) is 103 Å². The van der Waals surface area contributed by atoms with E-state index in [1.807, 2.05) is 12.2 Å². The SMILES string of the molecule is CC/C=C\C/C=C\C/C=C\C/C=C\C=C\C(O)CCCC(=O)O[C@H](COC(=O)CCCC/C=C\C/C=C\C/C=C\C/C=C\CC)COP(=O)(O)OC[C@H](N)C(=O)O. The van der Waals surface area contributed by atoms with Gasteiger partial charge in [0.05, 0.1) is 19.3 Å². The van der Waals surface area contributed by atoms with E-state index < -0.39 is 63.8 Å². The van der Waals surface area contributed by atoms with E-state index in [0.29, 0.717) is 6.42 Å². The topological polar surface area (TPSA) is 192 Å². The Balaban J connectivity index is 4.72. The molecule has 57 heavy (non-hydrogen) atoms. The Morgan fingerprint density at radius 2 is 1.12 bits per heavy atom. The molecule has 0 aliphatic heterocycles. The number of hydrogen-bond acceptors (Lipinski definition) is 10. The summed E-state index contributed by atoms with van der Waals surface area (Å²) in [5.74, 6) is -2.68. The lowest BCUT2D eigenvalue weighted by atomic mass is 10.1. The molecular weight excluding hydrogens is 749 g/mol. The van der Waals surface area contributed by atoms with Gasteiger partial charge in [0.15, 0.2) is 6.10 Å². The van der Waals surface area contributed by atoms with Crippen molar-refractivity contribution in [2.75, 3.05) is 19.8 Å². The van der Waals surface area contributed by atoms with E-state index in [9.17, 15) is 28.9 Å². The van der Waals surface area contributed by atoms with Crippen LogP contribution in [0.4, 0.5) is 0 Å². The quantitative estimate of drug-likeness (QED) is 0.0156. The summed E-state index contributed by atoms with van der Waals surface area (Å²) in [7, 11) is -4.79. The van der Waals surface area contributed by atoms with Crippen LogP contribution in [0.25, 0.3) is 0 Å². The van der Waals surface area contributed by atoms with Gasteiger partial charge in [-0.05, 0) is 83.5 Å². The Labute approximate surface area is 340 Å². The van der Waals surface area contributed by atoms with E-state index in [1.54, 1.807) is 12.2 Å². The fourth-order valence-electron chi connectivity index (χ4n) is 4.49. The first-order valence-corrected chi connectivity index (χ1v) is 21.5. The summed E-state index contributed by atoms with van der Waals surface area (Å²) < 4.78 is 32.4. The summed E-state index contributed by atoms with van der Waals surface area (Å²) in [5, 5.41) is 19.1. The minimum absolute atomic E-state index is 0.0859. The molecule has 0 saturated carbocycles. The predicted octanol–water partition coefficient (Wildman–Crippen LogP) is 9.24. The Morgan fingerprint density at radius 1 is 0.632 bits per heavy atom. The average molecular weight is 818 g/mol. The zero-order chi connectivity index (χ0) is 42.2. The Kier molecular flexibility index (Phi) is 35.1. The van der Waals surface area contributed by atoms with Crippen LogP contribution in [-0.2, 0) is 37.5 Å². The lowest BCUT2D eigenvalue weighted by Gasteiger charge is -2.20. The monoisotopic (exact) mass is 817 g/mol. The molecule has 0 fully saturated rings. The normalized spacial score (nSPS) is 15.5. The first kappa shape index (κ1) is 53.1. The fraction of sp³-hybridized carbons (Fsp3) is 0.523. The number of aliphatic hydroxyl groups is 1. The van der Waals surface area contributed by atoms with Crippen molar-refractivity contribution in [2.45, 2.75) is 128 Å². The number of aliphatic hydroxyl groups excluding tert-OH is 1. The third-order valence-electron chi connectivity index (χ3n) is 7.62. The van der Waals surface area contributed by atoms with Crippen LogP contribution in [-0.4, -0.2) is 71.1 Å². The number of nitrogens with two attached hydrogens (primary N) is 1. The molecule has 13 heteroatoms. The Bertz CT molecular complexity index is 1390. The van der Waals surface area contributed by atoms with Gasteiger partial charge in [0.25, 0.3) is 0 Å². The summed E-state index contributed by atoms with van der Waals surface area (Å²) in [6.45, 7) is 2.29. The van der Waals surface area contributed by atoms with Crippen LogP contribution in [0.2, 0.25) is 0 Å². The molecule has 2 unspecified atom stereocenters. The van der Waals surface area contributed by atoms with E-state index in [4.69, 9.17) is 24.8 Å². The van der Waals surface area contributed by atoms with Crippen LogP contribution in [0, 0.1) is 0 Å². The molecule has 0 aliphatic rings. The zero-order valence-electron chi connectivity index (χ0n) is 34.0. The van der Waals surface area contributed by atoms with Gasteiger partial charge in [0.1, 0.15) is 12.6 Å². The molecule has 12 nitrogen and oxygen atoms in total. The smallest absolute Gasteiger partial charge is 0.472 e. The summed E-state index contributed by atoms with van der Waals surface area (Å²) in [6.07, 6.45) is 44.8. The number of ether oxygens (including phenoxy) is 2. The summed E-state index contributed by atoms with van der Waals surface area (Å²) in [5.41, 5.74) is 5.31. The molecule has 0 aliphatic carbocycles. The maximum absolute atomic E-state index is 12.6. The van der Waals surface area contributed by atoms with Crippen molar-refractivity contribution in [3.05, 3.63) is 109 Å². The van der Waals surface area contributed by atoms with Crippen LogP contribution in [0.15, 0.2) is 109 Å². The highest BCUT2D eigenvalue weighted by Crippen LogP contribution is 2.43. The summed E-state index contributed by atoms with van der Waals surface area (Å²) in [4.78, 5) is 45.9. The number of esters is 2. The van der Waals surface area contributed by atoms with E-state index >= 15 is 0 Å². The van der Waals surface area contributed by atoms with Gasteiger partial charge in [0, 0.05) is 12.8 Å². The van der Waals surface area contributed by atoms with Crippen LogP contribution in [0.3, 0.4) is 0 Å². The first-order chi connectivity index (χ1) is 27.5. The standard InChI is InChI=1S/C44H68NO11P/c1-3-5-7-9-11-13-15-17-18-20-22-24-26-28-30-34-42(47)53-36-40(37-54-57(51,52)55-38-41(45)44(49)50)56-43(48)35-31-33-39(46)32-29-27-25-23-21-19-16-14-12-10-8-6-4-2/h5-8,11-14,17-19,21-22,24-25,27,29,32,39-41,46H,3-4,9-10,15-16,20,23,26,28,30-31,33-38,45H2,1-2H3,(H,49,50)(H,51,52)/b7-5-,8-6-,13-11-,14-12-,18-17-,21-19-,24-22-,27-25-,32-29+/t39?,40-,41+/m1/s1. The number of carboxylic acid groups (broad SMARTS) is 1. The molecule has 0 radical (unpaired) electrons. The van der Waals surface area contributed by atoms with Crippen molar-refractivity contribution < 1.29 is 52.6 Å². The first-order valence-electron chi connectivity index (χ1n) is 20.0. The molecule has 4 atom stereocenters. The molecule has 0 heterocycles. The van der Waals surface area contributed by atoms with Gasteiger partial charge in [0.2, 0.25) is 0 Å². The van der Waals surface area contributed by atoms with E-state index in [0.717, 1.165) is 64.2 Å². The number of phosphoric acid groups is 1. The summed E-state index contributed by atoms with van der Waals surface area (Å²) in [6, 6.07) is -1.56. The minimum Gasteiger partial charge on any atom is -0.480 e. The minimum atomic E-state index is -4.79. The molecule has 0 amide bonds. The van der Waals surface area contributed by atoms with Gasteiger partial charge in [-0.1, -0.05) is 123 Å². The molecule has 320 valence electrons. The lowest BCUT2D eigenvalue weighted by Crippen LogP contribution is -2.34. The molecule has 0 spiro atoms. The second-order valence-electron chi connectivity index (χ2n) is 12.8.